The number of rotatable bonds is 7. The first-order chi connectivity index (χ1) is 17.2. The van der Waals surface area contributed by atoms with Crippen molar-refractivity contribution in [1.82, 2.24) is 4.37 Å². The summed E-state index contributed by atoms with van der Waals surface area (Å²) in [4.78, 5) is 25.0. The number of hydrogen-bond acceptors (Lipinski definition) is 5. The van der Waals surface area contributed by atoms with Gasteiger partial charge in [-0.15, -0.1) is 0 Å². The van der Waals surface area contributed by atoms with E-state index in [1.54, 1.807) is 13.8 Å². The third kappa shape index (κ3) is 5.31. The van der Waals surface area contributed by atoms with Gasteiger partial charge in [-0.3, -0.25) is 10.1 Å². The Balaban J connectivity index is 1.50. The van der Waals surface area contributed by atoms with Gasteiger partial charge in [0.1, 0.15) is 6.10 Å². The van der Waals surface area contributed by atoms with E-state index in [1.165, 1.54) is 11.5 Å². The Kier molecular flexibility index (Phi) is 7.22. The van der Waals surface area contributed by atoms with E-state index in [0.29, 0.717) is 5.69 Å². The largest absolute Gasteiger partial charge is 0.481 e. The van der Waals surface area contributed by atoms with Crippen molar-refractivity contribution in [3.8, 4) is 21.6 Å². The molecule has 0 saturated carbocycles. The number of aromatic nitrogens is 1. The van der Waals surface area contributed by atoms with E-state index in [4.69, 9.17) is 4.74 Å². The highest BCUT2D eigenvalue weighted by atomic mass is 32.1. The number of hydrogen-bond donors (Lipinski definition) is 2. The van der Waals surface area contributed by atoms with E-state index in [9.17, 15) is 14.7 Å². The van der Waals surface area contributed by atoms with Gasteiger partial charge in [-0.2, -0.15) is 4.37 Å². The van der Waals surface area contributed by atoms with Gasteiger partial charge in [0.05, 0.1) is 21.7 Å². The molecule has 0 aliphatic carbocycles. The van der Waals surface area contributed by atoms with Crippen LogP contribution in [0.15, 0.2) is 78.9 Å². The smallest absolute Gasteiger partial charge is 0.412 e. The minimum absolute atomic E-state index is 0.381. The number of carboxylic acid groups (broad SMARTS) is 1. The Morgan fingerprint density at radius 1 is 0.917 bits per heavy atom. The zero-order valence-electron chi connectivity index (χ0n) is 20.6. The number of carboxylic acids is 1. The van der Waals surface area contributed by atoms with E-state index in [-0.39, 0.29) is 6.10 Å². The molecule has 2 N–H and O–H groups in total. The molecule has 0 radical (unpaired) electrons. The number of amides is 1. The number of nitrogens with zero attached hydrogens (tertiary/aromatic N) is 1. The van der Waals surface area contributed by atoms with E-state index in [2.05, 4.69) is 9.69 Å². The maximum Gasteiger partial charge on any atom is 0.412 e. The van der Waals surface area contributed by atoms with Crippen molar-refractivity contribution in [2.24, 2.45) is 0 Å². The van der Waals surface area contributed by atoms with E-state index in [1.807, 2.05) is 92.7 Å². The molecule has 7 heteroatoms. The summed E-state index contributed by atoms with van der Waals surface area (Å²) in [6, 6.07) is 25.1. The molecule has 1 heterocycles. The predicted molar refractivity (Wildman–Crippen MR) is 143 cm³/mol. The van der Waals surface area contributed by atoms with Gasteiger partial charge in [0.15, 0.2) is 0 Å². The summed E-state index contributed by atoms with van der Waals surface area (Å²) in [5, 5.41) is 12.3. The Bertz CT molecular complexity index is 1360. The van der Waals surface area contributed by atoms with Crippen molar-refractivity contribution in [3.05, 3.63) is 95.7 Å². The second-order valence-corrected chi connectivity index (χ2v) is 9.91. The Hall–Kier alpha value is -3.97. The fourth-order valence-corrected chi connectivity index (χ4v) is 4.67. The van der Waals surface area contributed by atoms with E-state index >= 15 is 0 Å². The van der Waals surface area contributed by atoms with Crippen LogP contribution < -0.4 is 5.32 Å². The molecule has 4 aromatic rings. The molecule has 6 nitrogen and oxygen atoms in total. The number of ether oxygens (including phenoxy) is 1. The average Bonchev–Trinajstić information content (AvgIpc) is 3.24. The van der Waals surface area contributed by atoms with Crippen molar-refractivity contribution in [2.75, 3.05) is 5.32 Å². The van der Waals surface area contributed by atoms with Crippen LogP contribution in [-0.2, 0) is 14.9 Å². The fourth-order valence-electron chi connectivity index (χ4n) is 3.82. The molecule has 0 fully saturated rings. The monoisotopic (exact) mass is 500 g/mol. The Morgan fingerprint density at radius 3 is 2.06 bits per heavy atom. The third-order valence-corrected chi connectivity index (χ3v) is 7.25. The molecule has 0 aliphatic rings. The summed E-state index contributed by atoms with van der Waals surface area (Å²) in [7, 11) is 0. The molecule has 1 atom stereocenters. The van der Waals surface area contributed by atoms with E-state index in [0.717, 1.165) is 38.4 Å². The quantitative estimate of drug-likeness (QED) is 0.275. The van der Waals surface area contributed by atoms with Gasteiger partial charge < -0.3 is 9.84 Å². The summed E-state index contributed by atoms with van der Waals surface area (Å²) >= 11 is 1.32. The van der Waals surface area contributed by atoms with Gasteiger partial charge in [-0.1, -0.05) is 78.9 Å². The molecule has 0 saturated heterocycles. The van der Waals surface area contributed by atoms with Crippen LogP contribution in [0.5, 0.6) is 0 Å². The second-order valence-electron chi connectivity index (χ2n) is 9.14. The molecule has 0 aliphatic heterocycles. The molecule has 0 bridgehead atoms. The maximum atomic E-state index is 12.6. The number of carbonyl (C=O) groups is 2. The maximum absolute atomic E-state index is 12.6. The lowest BCUT2D eigenvalue weighted by Gasteiger charge is -2.19. The first-order valence-corrected chi connectivity index (χ1v) is 12.4. The molecule has 184 valence electrons. The molecular weight excluding hydrogens is 472 g/mol. The SMILES string of the molecule is Cc1nsc(-c2ccc(-c3ccc(C(C)(C)C(=O)O)cc3)cc2)c1NC(=O)O[C@H](C)c1ccccc1. The highest BCUT2D eigenvalue weighted by Crippen LogP contribution is 2.36. The van der Waals surface area contributed by atoms with Crippen LogP contribution in [0.3, 0.4) is 0 Å². The Labute approximate surface area is 214 Å². The van der Waals surface area contributed by atoms with Gasteiger partial charge in [0.2, 0.25) is 0 Å². The summed E-state index contributed by atoms with van der Waals surface area (Å²) in [6.45, 7) is 7.08. The van der Waals surface area contributed by atoms with Crippen molar-refractivity contribution in [2.45, 2.75) is 39.2 Å². The summed E-state index contributed by atoms with van der Waals surface area (Å²) < 4.78 is 10.0. The average molecular weight is 501 g/mol. The lowest BCUT2D eigenvalue weighted by molar-refractivity contribution is -0.142. The molecule has 1 amide bonds. The molecule has 3 aromatic carbocycles. The third-order valence-electron chi connectivity index (χ3n) is 6.26. The minimum atomic E-state index is -0.949. The number of nitrogens with one attached hydrogen (secondary N) is 1. The second kappa shape index (κ2) is 10.3. The lowest BCUT2D eigenvalue weighted by atomic mass is 9.84. The summed E-state index contributed by atoms with van der Waals surface area (Å²) in [5.74, 6) is -0.859. The fraction of sp³-hybridized carbons (Fsp3) is 0.207. The van der Waals surface area contributed by atoms with Crippen LogP contribution in [0, 0.1) is 6.92 Å². The van der Waals surface area contributed by atoms with E-state index < -0.39 is 17.5 Å². The van der Waals surface area contributed by atoms with Gasteiger partial charge in [0, 0.05) is 0 Å². The first-order valence-electron chi connectivity index (χ1n) is 11.6. The first kappa shape index (κ1) is 25.1. The van der Waals surface area contributed by atoms with Crippen LogP contribution in [0.25, 0.3) is 21.6 Å². The van der Waals surface area contributed by atoms with Crippen LogP contribution in [0.2, 0.25) is 0 Å². The number of anilines is 1. The number of carbonyl (C=O) groups excluding carboxylic acids is 1. The van der Waals surface area contributed by atoms with Gasteiger partial charge in [-0.25, -0.2) is 4.79 Å². The molecular formula is C29H28N2O4S. The van der Waals surface area contributed by atoms with Crippen LogP contribution in [-0.4, -0.2) is 21.5 Å². The molecule has 0 spiro atoms. The normalized spacial score (nSPS) is 12.1. The Morgan fingerprint density at radius 2 is 1.47 bits per heavy atom. The number of benzene rings is 3. The zero-order valence-corrected chi connectivity index (χ0v) is 21.4. The van der Waals surface area contributed by atoms with Crippen molar-refractivity contribution in [1.29, 1.82) is 0 Å². The summed E-state index contributed by atoms with van der Waals surface area (Å²) in [6.07, 6.45) is -0.912. The highest BCUT2D eigenvalue weighted by molar-refractivity contribution is 7.10. The topological polar surface area (TPSA) is 88.5 Å². The van der Waals surface area contributed by atoms with Gasteiger partial charge >= 0.3 is 12.1 Å². The van der Waals surface area contributed by atoms with Crippen LogP contribution >= 0.6 is 11.5 Å². The molecule has 4 rings (SSSR count). The lowest BCUT2D eigenvalue weighted by Crippen LogP contribution is -2.28. The predicted octanol–water partition coefficient (Wildman–Crippen LogP) is 7.46. The van der Waals surface area contributed by atoms with Gasteiger partial charge in [-0.05, 0) is 67.0 Å². The molecule has 1 aromatic heterocycles. The standard InChI is InChI=1S/C29H28N2O4S/c1-18-25(30-28(34)35-19(2)20-8-6-5-7-9-20)26(36-31-18)23-12-10-21(11-13-23)22-14-16-24(17-15-22)29(3,4)27(32)33/h5-17,19H,1-4H3,(H,30,34)(H,32,33)/t19-/m1/s1. The molecule has 36 heavy (non-hydrogen) atoms. The minimum Gasteiger partial charge on any atom is -0.481 e. The van der Waals surface area contributed by atoms with Gasteiger partial charge in [0.25, 0.3) is 0 Å². The van der Waals surface area contributed by atoms with Crippen molar-refractivity contribution < 1.29 is 19.4 Å². The highest BCUT2D eigenvalue weighted by Gasteiger charge is 2.29. The number of aryl methyl sites for hydroxylation is 1. The number of aliphatic carboxylic acids is 1. The zero-order chi connectivity index (χ0) is 25.9. The van der Waals surface area contributed by atoms with Crippen molar-refractivity contribution in [3.63, 3.8) is 0 Å². The summed E-state index contributed by atoms with van der Waals surface area (Å²) in [5.41, 5.74) is 5.00. The van der Waals surface area contributed by atoms with Crippen LogP contribution in [0.4, 0.5) is 10.5 Å². The van der Waals surface area contributed by atoms with Crippen molar-refractivity contribution >= 4 is 29.3 Å². The van der Waals surface area contributed by atoms with Crippen LogP contribution in [0.1, 0.15) is 43.7 Å². The molecule has 0 unspecified atom stereocenters.